The highest BCUT2D eigenvalue weighted by Crippen LogP contribution is 2.37. The van der Waals surface area contributed by atoms with Gasteiger partial charge < -0.3 is 30.9 Å². The zero-order chi connectivity index (χ0) is 39.8. The van der Waals surface area contributed by atoms with Gasteiger partial charge in [0.2, 0.25) is 21.8 Å². The van der Waals surface area contributed by atoms with Crippen molar-refractivity contribution in [2.24, 2.45) is 10.7 Å². The van der Waals surface area contributed by atoms with Gasteiger partial charge in [-0.15, -0.1) is 0 Å². The molecule has 13 nitrogen and oxygen atoms in total. The molecule has 55 heavy (non-hydrogen) atoms. The van der Waals surface area contributed by atoms with Gasteiger partial charge in [-0.2, -0.15) is 4.72 Å². The molecule has 0 unspecified atom stereocenters. The second kappa shape index (κ2) is 19.0. The minimum absolute atomic E-state index is 0.0792. The van der Waals surface area contributed by atoms with Gasteiger partial charge in [0.25, 0.3) is 0 Å². The Morgan fingerprint density at radius 3 is 2.42 bits per heavy atom. The first-order chi connectivity index (χ1) is 26.3. The number of para-hydroxylation sites is 1. The Balaban J connectivity index is 1.20. The van der Waals surface area contributed by atoms with Crippen LogP contribution in [0.3, 0.4) is 0 Å². The first-order valence-electron chi connectivity index (χ1n) is 19.2. The van der Waals surface area contributed by atoms with Crippen LogP contribution in [0.25, 0.3) is 10.9 Å². The van der Waals surface area contributed by atoms with Crippen LogP contribution in [0.5, 0.6) is 5.75 Å². The maximum Gasteiger partial charge on any atom is 0.243 e. The first kappa shape index (κ1) is 42.5. The number of fused-ring (bicyclic) bond motifs is 1. The van der Waals surface area contributed by atoms with E-state index in [2.05, 4.69) is 25.3 Å². The number of halogens is 2. The molecule has 1 atom stereocenters. The Morgan fingerprint density at radius 1 is 1.02 bits per heavy atom. The first-order valence-corrected chi connectivity index (χ1v) is 21.4. The van der Waals surface area contributed by atoms with Crippen LogP contribution in [0.4, 0.5) is 0 Å². The van der Waals surface area contributed by atoms with Crippen molar-refractivity contribution in [1.82, 2.24) is 30.1 Å². The Bertz CT molecular complexity index is 1980. The Kier molecular flexibility index (Phi) is 14.6. The van der Waals surface area contributed by atoms with Crippen molar-refractivity contribution < 1.29 is 22.7 Å². The van der Waals surface area contributed by atoms with Gasteiger partial charge in [0, 0.05) is 67.5 Å². The number of nitrogens with zero attached hydrogens (tertiary/aromatic N) is 4. The number of hydrogen-bond donors (Lipinski definition) is 4. The molecule has 5 N–H and O–H groups in total. The van der Waals surface area contributed by atoms with Crippen molar-refractivity contribution in [1.29, 1.82) is 0 Å². The molecule has 16 heteroatoms. The van der Waals surface area contributed by atoms with E-state index in [0.717, 1.165) is 48.5 Å². The number of nitrogens with two attached hydrogens (primary N) is 1. The number of aromatic nitrogens is 1. The zero-order valence-electron chi connectivity index (χ0n) is 32.2. The molecule has 0 spiro atoms. The van der Waals surface area contributed by atoms with E-state index in [4.69, 9.17) is 33.7 Å². The van der Waals surface area contributed by atoms with Crippen molar-refractivity contribution in [3.8, 4) is 5.75 Å². The smallest absolute Gasteiger partial charge is 0.243 e. The third-order valence-electron chi connectivity index (χ3n) is 10.2. The summed E-state index contributed by atoms with van der Waals surface area (Å²) in [6.07, 6.45) is 4.23. The van der Waals surface area contributed by atoms with E-state index < -0.39 is 21.6 Å². The SMILES string of the molecule is CCN=C(NCC)NCCCC[C@H](N)C(=O)N1CCN(C(=O)C2(NS(=O)(=O)c3ccc(Cl)c(COc4cccc5c(C)cc(C)nc45)c3Cl)CCCC2)CC1. The minimum atomic E-state index is -4.30. The molecule has 5 rings (SSSR count). The predicted molar refractivity (Wildman–Crippen MR) is 218 cm³/mol. The summed E-state index contributed by atoms with van der Waals surface area (Å²) in [7, 11) is -4.30. The molecule has 3 aromatic rings. The molecule has 2 fully saturated rings. The van der Waals surface area contributed by atoms with Gasteiger partial charge in [-0.1, -0.05) is 48.2 Å². The summed E-state index contributed by atoms with van der Waals surface area (Å²) in [5, 5.41) is 7.58. The van der Waals surface area contributed by atoms with Gasteiger partial charge in [0.15, 0.2) is 5.96 Å². The minimum Gasteiger partial charge on any atom is -0.487 e. The molecule has 1 aromatic heterocycles. The van der Waals surface area contributed by atoms with Gasteiger partial charge in [0.1, 0.15) is 28.3 Å². The molecule has 2 heterocycles. The molecule has 0 radical (unpaired) electrons. The van der Waals surface area contributed by atoms with E-state index >= 15 is 0 Å². The van der Waals surface area contributed by atoms with Crippen LogP contribution in [0, 0.1) is 13.8 Å². The van der Waals surface area contributed by atoms with E-state index in [1.54, 1.807) is 15.9 Å². The molecule has 0 bridgehead atoms. The molecule has 300 valence electrons. The number of pyridine rings is 1. The Hall–Kier alpha value is -3.69. The highest BCUT2D eigenvalue weighted by molar-refractivity contribution is 7.89. The lowest BCUT2D eigenvalue weighted by Gasteiger charge is -2.40. The van der Waals surface area contributed by atoms with Crippen LogP contribution in [0.1, 0.15) is 75.6 Å². The van der Waals surface area contributed by atoms with Gasteiger partial charge in [0.05, 0.1) is 11.1 Å². The van der Waals surface area contributed by atoms with E-state index in [9.17, 15) is 18.0 Å². The van der Waals surface area contributed by atoms with Crippen LogP contribution in [-0.4, -0.2) is 98.4 Å². The maximum absolute atomic E-state index is 14.2. The number of ether oxygens (including phenoxy) is 1. The van der Waals surface area contributed by atoms with Crippen LogP contribution in [-0.2, 0) is 26.2 Å². The summed E-state index contributed by atoms with van der Waals surface area (Å²) in [5.41, 5.74) is 7.85. The number of hydrogen-bond acceptors (Lipinski definition) is 8. The topological polar surface area (TPSA) is 171 Å². The van der Waals surface area contributed by atoms with Crippen LogP contribution in [0.15, 0.2) is 46.3 Å². The zero-order valence-corrected chi connectivity index (χ0v) is 34.5. The number of amides is 2. The van der Waals surface area contributed by atoms with Gasteiger partial charge >= 0.3 is 0 Å². The summed E-state index contributed by atoms with van der Waals surface area (Å²) in [6.45, 7) is 11.2. The maximum atomic E-state index is 14.2. The number of sulfonamides is 1. The molecule has 1 aliphatic carbocycles. The van der Waals surface area contributed by atoms with Crippen molar-refractivity contribution in [2.45, 2.75) is 95.7 Å². The molecular weight excluding hydrogens is 763 g/mol. The lowest BCUT2D eigenvalue weighted by molar-refractivity contribution is -0.144. The highest BCUT2D eigenvalue weighted by atomic mass is 35.5. The summed E-state index contributed by atoms with van der Waals surface area (Å²) in [5.74, 6) is 0.845. The molecule has 1 aliphatic heterocycles. The third-order valence-corrected chi connectivity index (χ3v) is 12.7. The molecule has 2 aromatic carbocycles. The van der Waals surface area contributed by atoms with E-state index in [0.29, 0.717) is 68.6 Å². The van der Waals surface area contributed by atoms with Crippen LogP contribution >= 0.6 is 23.2 Å². The normalized spacial score (nSPS) is 16.7. The van der Waals surface area contributed by atoms with E-state index in [1.165, 1.54) is 12.1 Å². The third kappa shape index (κ3) is 10.2. The molecule has 1 saturated carbocycles. The number of carbonyl (C=O) groups excluding carboxylic acids is 2. The van der Waals surface area contributed by atoms with E-state index in [1.807, 2.05) is 45.9 Å². The average molecular weight is 818 g/mol. The number of carbonyl (C=O) groups is 2. The van der Waals surface area contributed by atoms with Crippen molar-refractivity contribution >= 4 is 61.9 Å². The lowest BCUT2D eigenvalue weighted by Crippen LogP contribution is -2.62. The standard InChI is InChI=1S/C39H54Cl2N8O5S/c1-5-43-38(44-6-2)45-19-10-7-13-31(42)36(50)48-20-22-49(23-21-48)37(51)39(17-8-9-18-39)47-55(52,53)33-16-15-30(40)29(34(33)41)25-54-32-14-11-12-28-26(3)24-27(4)46-35(28)32/h11-12,14-16,24,31,47H,5-10,13,17-23,25,42H2,1-4H3,(H2,43,44,45)/t31-/m0/s1. The number of aliphatic imine (C=N–C) groups is 1. The largest absolute Gasteiger partial charge is 0.487 e. The number of guanidine groups is 1. The fourth-order valence-electron chi connectivity index (χ4n) is 7.37. The van der Waals surface area contributed by atoms with Crippen molar-refractivity contribution in [3.05, 3.63) is 63.3 Å². The fraction of sp³-hybridized carbons (Fsp3) is 0.538. The van der Waals surface area contributed by atoms with Gasteiger partial charge in [-0.25, -0.2) is 13.4 Å². The molecule has 2 amide bonds. The highest BCUT2D eigenvalue weighted by Gasteiger charge is 2.47. The lowest BCUT2D eigenvalue weighted by atomic mass is 9.96. The Morgan fingerprint density at radius 2 is 1.73 bits per heavy atom. The Labute approximate surface area is 334 Å². The molecule has 2 aliphatic rings. The van der Waals surface area contributed by atoms with Crippen LogP contribution in [0.2, 0.25) is 10.0 Å². The van der Waals surface area contributed by atoms with Gasteiger partial charge in [-0.05, 0) is 89.6 Å². The quantitative estimate of drug-likeness (QED) is 0.0929. The second-order valence-electron chi connectivity index (χ2n) is 14.3. The number of piperazine rings is 1. The number of rotatable bonds is 15. The molecular formula is C39H54Cl2N8O5S. The van der Waals surface area contributed by atoms with Crippen molar-refractivity contribution in [2.75, 3.05) is 45.8 Å². The molecule has 1 saturated heterocycles. The van der Waals surface area contributed by atoms with E-state index in [-0.39, 0.29) is 46.5 Å². The number of unbranched alkanes of at least 4 members (excludes halogenated alkanes) is 1. The summed E-state index contributed by atoms with van der Waals surface area (Å²) >= 11 is 13.4. The summed E-state index contributed by atoms with van der Waals surface area (Å²) in [6, 6.07) is 9.81. The van der Waals surface area contributed by atoms with Crippen molar-refractivity contribution in [3.63, 3.8) is 0 Å². The monoisotopic (exact) mass is 816 g/mol. The number of nitrogens with one attached hydrogen (secondary N) is 3. The summed E-state index contributed by atoms with van der Waals surface area (Å²) < 4.78 is 37.1. The second-order valence-corrected chi connectivity index (χ2v) is 16.7. The number of benzene rings is 2. The number of aryl methyl sites for hydroxylation is 2. The van der Waals surface area contributed by atoms with Gasteiger partial charge in [-0.3, -0.25) is 14.6 Å². The average Bonchev–Trinajstić information content (AvgIpc) is 3.63. The fourth-order valence-corrected chi connectivity index (χ4v) is 9.68. The summed E-state index contributed by atoms with van der Waals surface area (Å²) in [4.78, 5) is 39.6. The van der Waals surface area contributed by atoms with Crippen LogP contribution < -0.4 is 25.8 Å². The predicted octanol–water partition coefficient (Wildman–Crippen LogP) is 5.07.